The number of rotatable bonds is 4. The molecule has 30 heavy (non-hydrogen) atoms. The minimum absolute atomic E-state index is 0.200. The zero-order valence-electron chi connectivity index (χ0n) is 17.6. The number of carbonyl (C=O) groups is 2. The van der Waals surface area contributed by atoms with Crippen molar-refractivity contribution in [3.63, 3.8) is 0 Å². The third kappa shape index (κ3) is 4.76. The van der Waals surface area contributed by atoms with Gasteiger partial charge in [0.15, 0.2) is 0 Å². The number of nitrogen functional groups attached to an aromatic ring is 1. The molecule has 158 valence electrons. The van der Waals surface area contributed by atoms with Crippen molar-refractivity contribution in [3.05, 3.63) is 52.2 Å². The molecule has 0 spiro atoms. The third-order valence-corrected chi connectivity index (χ3v) is 6.41. The maximum Gasteiger partial charge on any atom is 0.313 e. The normalized spacial score (nSPS) is 16.6. The molecule has 0 bridgehead atoms. The van der Waals surface area contributed by atoms with Crippen LogP contribution in [0.1, 0.15) is 41.0 Å². The molecule has 0 saturated carbocycles. The monoisotopic (exact) mass is 425 g/mol. The molecule has 8 heteroatoms. The largest absolute Gasteiger partial charge is 0.383 e. The summed E-state index contributed by atoms with van der Waals surface area (Å²) in [5.74, 6) is -0.850. The first kappa shape index (κ1) is 21.7. The standard InChI is InChI=1S/C22H27N5O2S/c1-13(8-9-19-15(3)16(4)26-30-19)18-7-5-6-10-27(18)22(29)21(28)25-17-11-14(2)20(23)24-12-17/h8-9,11-12,18H,1,5-7,10H2,2-4H3,(H2,23,24)(H,25,28)/b9-8-/t18-/m0/s1. The van der Waals surface area contributed by atoms with Crippen LogP contribution in [-0.2, 0) is 9.59 Å². The SMILES string of the molecule is C=C(/C=C\c1snc(C)c1C)[C@@H]1CCCCN1C(=O)C(=O)Nc1cnc(N)c(C)c1. The summed E-state index contributed by atoms with van der Waals surface area (Å²) in [6, 6.07) is 1.50. The van der Waals surface area contributed by atoms with Crippen molar-refractivity contribution < 1.29 is 9.59 Å². The van der Waals surface area contributed by atoms with Crippen molar-refractivity contribution in [3.8, 4) is 0 Å². The number of amides is 2. The van der Waals surface area contributed by atoms with E-state index in [4.69, 9.17) is 5.73 Å². The van der Waals surface area contributed by atoms with E-state index >= 15 is 0 Å². The number of aryl methyl sites for hydroxylation is 2. The number of nitrogens with two attached hydrogens (primary N) is 1. The summed E-state index contributed by atoms with van der Waals surface area (Å²) in [6.45, 7) is 10.5. The summed E-state index contributed by atoms with van der Waals surface area (Å²) in [5.41, 5.74) is 9.87. The molecule has 1 aliphatic rings. The first-order valence-electron chi connectivity index (χ1n) is 9.91. The Labute approximate surface area is 180 Å². The molecular formula is C22H27N5O2S. The van der Waals surface area contributed by atoms with Gasteiger partial charge in [0, 0.05) is 6.54 Å². The fourth-order valence-corrected chi connectivity index (χ4v) is 4.20. The summed E-state index contributed by atoms with van der Waals surface area (Å²) in [5, 5.41) is 2.63. The number of nitrogens with zero attached hydrogens (tertiary/aromatic N) is 3. The maximum atomic E-state index is 12.9. The Morgan fingerprint density at radius 2 is 2.10 bits per heavy atom. The van der Waals surface area contributed by atoms with E-state index in [0.717, 1.165) is 46.5 Å². The van der Waals surface area contributed by atoms with Gasteiger partial charge in [0.25, 0.3) is 0 Å². The molecular weight excluding hydrogens is 398 g/mol. The van der Waals surface area contributed by atoms with Gasteiger partial charge in [-0.05, 0) is 80.4 Å². The molecule has 3 heterocycles. The molecule has 0 aromatic carbocycles. The Bertz CT molecular complexity index is 1010. The Balaban J connectivity index is 1.71. The number of pyridine rings is 1. The first-order chi connectivity index (χ1) is 14.3. The van der Waals surface area contributed by atoms with Crippen molar-refractivity contribution in [2.45, 2.75) is 46.1 Å². The van der Waals surface area contributed by atoms with E-state index in [2.05, 4.69) is 21.3 Å². The first-order valence-corrected chi connectivity index (χ1v) is 10.7. The minimum Gasteiger partial charge on any atom is -0.383 e. The van der Waals surface area contributed by atoms with Gasteiger partial charge >= 0.3 is 11.8 Å². The molecule has 0 aliphatic carbocycles. The topological polar surface area (TPSA) is 101 Å². The summed E-state index contributed by atoms with van der Waals surface area (Å²) >= 11 is 1.44. The summed E-state index contributed by atoms with van der Waals surface area (Å²) in [6.07, 6.45) is 8.00. The minimum atomic E-state index is -0.682. The highest BCUT2D eigenvalue weighted by Crippen LogP contribution is 2.26. The van der Waals surface area contributed by atoms with Gasteiger partial charge in [-0.25, -0.2) is 4.98 Å². The fourth-order valence-electron chi connectivity index (χ4n) is 3.41. The number of piperidine rings is 1. The van der Waals surface area contributed by atoms with Crippen LogP contribution in [0.5, 0.6) is 0 Å². The van der Waals surface area contributed by atoms with Crippen LogP contribution >= 0.6 is 11.5 Å². The molecule has 1 aliphatic heterocycles. The van der Waals surface area contributed by atoms with E-state index in [9.17, 15) is 9.59 Å². The number of hydrogen-bond acceptors (Lipinski definition) is 6. The number of carbonyl (C=O) groups excluding carboxylic acids is 2. The molecule has 0 unspecified atom stereocenters. The number of hydrogen-bond donors (Lipinski definition) is 2. The summed E-state index contributed by atoms with van der Waals surface area (Å²) in [7, 11) is 0. The van der Waals surface area contributed by atoms with Gasteiger partial charge in [0.2, 0.25) is 0 Å². The molecule has 2 aromatic rings. The van der Waals surface area contributed by atoms with Crippen molar-refractivity contribution in [1.82, 2.24) is 14.3 Å². The lowest BCUT2D eigenvalue weighted by Gasteiger charge is -2.35. The van der Waals surface area contributed by atoms with Gasteiger partial charge in [-0.2, -0.15) is 4.37 Å². The second kappa shape index (κ2) is 9.21. The zero-order chi connectivity index (χ0) is 21.8. The van der Waals surface area contributed by atoms with Crippen LogP contribution in [0.3, 0.4) is 0 Å². The average molecular weight is 426 g/mol. The van der Waals surface area contributed by atoms with Crippen LogP contribution in [0.15, 0.2) is 30.5 Å². The Morgan fingerprint density at radius 1 is 1.33 bits per heavy atom. The van der Waals surface area contributed by atoms with E-state index in [1.165, 1.54) is 17.7 Å². The predicted octanol–water partition coefficient (Wildman–Crippen LogP) is 3.63. The lowest BCUT2D eigenvalue weighted by atomic mass is 9.95. The maximum absolute atomic E-state index is 12.9. The van der Waals surface area contributed by atoms with Gasteiger partial charge in [0.1, 0.15) is 5.82 Å². The van der Waals surface area contributed by atoms with Gasteiger partial charge < -0.3 is 16.0 Å². The number of anilines is 2. The molecule has 1 atom stereocenters. The lowest BCUT2D eigenvalue weighted by Crippen LogP contribution is -2.48. The Morgan fingerprint density at radius 3 is 2.77 bits per heavy atom. The second-order valence-corrected chi connectivity index (χ2v) is 8.36. The molecule has 3 N–H and O–H groups in total. The number of likely N-dealkylation sites (tertiary alicyclic amines) is 1. The molecule has 2 aromatic heterocycles. The van der Waals surface area contributed by atoms with Crippen LogP contribution in [0.25, 0.3) is 6.08 Å². The van der Waals surface area contributed by atoms with E-state index < -0.39 is 11.8 Å². The molecule has 0 radical (unpaired) electrons. The van der Waals surface area contributed by atoms with Crippen molar-refractivity contribution in [2.75, 3.05) is 17.6 Å². The molecule has 2 amide bonds. The zero-order valence-corrected chi connectivity index (χ0v) is 18.4. The van der Waals surface area contributed by atoms with Gasteiger partial charge in [-0.1, -0.05) is 12.7 Å². The third-order valence-electron chi connectivity index (χ3n) is 5.40. The lowest BCUT2D eigenvalue weighted by molar-refractivity contribution is -0.145. The quantitative estimate of drug-likeness (QED) is 0.575. The Kier molecular flexibility index (Phi) is 6.66. The molecule has 7 nitrogen and oxygen atoms in total. The molecule has 3 rings (SSSR count). The van der Waals surface area contributed by atoms with Crippen LogP contribution in [0.2, 0.25) is 0 Å². The fraction of sp³-hybridized carbons (Fsp3) is 0.364. The van der Waals surface area contributed by atoms with Crippen molar-refractivity contribution >= 4 is 40.9 Å². The van der Waals surface area contributed by atoms with Crippen molar-refractivity contribution in [1.29, 1.82) is 0 Å². The number of aromatic nitrogens is 2. The van der Waals surface area contributed by atoms with Crippen molar-refractivity contribution in [2.24, 2.45) is 0 Å². The van der Waals surface area contributed by atoms with E-state index in [1.807, 2.05) is 26.0 Å². The van der Waals surface area contributed by atoms with Crippen LogP contribution in [0.4, 0.5) is 11.5 Å². The van der Waals surface area contributed by atoms with E-state index in [1.54, 1.807) is 17.9 Å². The average Bonchev–Trinajstić information content (AvgIpc) is 3.06. The highest BCUT2D eigenvalue weighted by Gasteiger charge is 2.31. The van der Waals surface area contributed by atoms with Gasteiger partial charge in [-0.3, -0.25) is 9.59 Å². The second-order valence-electron chi connectivity index (χ2n) is 7.56. The highest BCUT2D eigenvalue weighted by molar-refractivity contribution is 7.07. The van der Waals surface area contributed by atoms with Gasteiger partial charge in [-0.15, -0.1) is 0 Å². The van der Waals surface area contributed by atoms with E-state index in [-0.39, 0.29) is 6.04 Å². The van der Waals surface area contributed by atoms with Crippen LogP contribution < -0.4 is 11.1 Å². The molecule has 1 saturated heterocycles. The Hall–Kier alpha value is -3.00. The van der Waals surface area contributed by atoms with E-state index in [0.29, 0.717) is 18.1 Å². The number of nitrogens with one attached hydrogen (secondary N) is 1. The molecule has 1 fully saturated rings. The van der Waals surface area contributed by atoms with Crippen LogP contribution in [0, 0.1) is 20.8 Å². The smallest absolute Gasteiger partial charge is 0.313 e. The predicted molar refractivity (Wildman–Crippen MR) is 121 cm³/mol. The van der Waals surface area contributed by atoms with Crippen LogP contribution in [-0.4, -0.2) is 38.7 Å². The summed E-state index contributed by atoms with van der Waals surface area (Å²) in [4.78, 5) is 32.2. The van der Waals surface area contributed by atoms with Gasteiger partial charge in [0.05, 0.1) is 28.5 Å². The summed E-state index contributed by atoms with van der Waals surface area (Å²) < 4.78 is 4.35. The highest BCUT2D eigenvalue weighted by atomic mass is 32.1.